The Kier molecular flexibility index (Phi) is 7.72. The van der Waals surface area contributed by atoms with Gasteiger partial charge in [0.25, 0.3) is 0 Å². The first-order chi connectivity index (χ1) is 16.3. The van der Waals surface area contributed by atoms with Gasteiger partial charge in [-0.05, 0) is 47.0 Å². The fourth-order valence-corrected chi connectivity index (χ4v) is 4.71. The molecule has 0 saturated carbocycles. The third kappa shape index (κ3) is 6.47. The lowest BCUT2D eigenvalue weighted by atomic mass is 10.0. The van der Waals surface area contributed by atoms with Gasteiger partial charge in [0.05, 0.1) is 13.2 Å². The molecular formula is C24H24F3N2O4S-. The number of hydrogen-bond donors (Lipinski definition) is 0. The summed E-state index contributed by atoms with van der Waals surface area (Å²) in [7, 11) is 0. The second-order valence-electron chi connectivity index (χ2n) is 8.01. The van der Waals surface area contributed by atoms with E-state index < -0.39 is 17.6 Å². The summed E-state index contributed by atoms with van der Waals surface area (Å²) in [5.41, 5.74) is 1.33. The summed E-state index contributed by atoms with van der Waals surface area (Å²) in [4.78, 5) is 2.16. The molecular weight excluding hydrogens is 469 g/mol. The van der Waals surface area contributed by atoms with E-state index in [1.807, 2.05) is 36.4 Å². The number of anilines is 1. The van der Waals surface area contributed by atoms with Crippen molar-refractivity contribution in [1.82, 2.24) is 4.90 Å². The number of fused-ring (bicyclic) bond motifs is 1. The van der Waals surface area contributed by atoms with Crippen LogP contribution in [0.3, 0.4) is 0 Å². The zero-order chi connectivity index (χ0) is 24.1. The molecule has 3 aromatic rings. The van der Waals surface area contributed by atoms with Crippen molar-refractivity contribution in [2.24, 2.45) is 0 Å². The average Bonchev–Trinajstić information content (AvgIpc) is 2.82. The summed E-state index contributed by atoms with van der Waals surface area (Å²) in [6, 6.07) is 18.7. The fraction of sp³-hybridized carbons (Fsp3) is 0.333. The van der Waals surface area contributed by atoms with Crippen LogP contribution in [-0.4, -0.2) is 58.9 Å². The molecule has 3 aromatic carbocycles. The highest BCUT2D eigenvalue weighted by Gasteiger charge is 2.31. The van der Waals surface area contributed by atoms with Crippen molar-refractivity contribution in [3.05, 3.63) is 72.3 Å². The quantitative estimate of drug-likeness (QED) is 0.439. The molecule has 2 atom stereocenters. The molecule has 1 aliphatic heterocycles. The van der Waals surface area contributed by atoms with E-state index in [1.54, 1.807) is 18.2 Å². The first kappa shape index (κ1) is 24.5. The molecule has 2 unspecified atom stereocenters. The van der Waals surface area contributed by atoms with Gasteiger partial charge in [0.1, 0.15) is 5.75 Å². The molecule has 1 fully saturated rings. The van der Waals surface area contributed by atoms with Gasteiger partial charge in [-0.15, -0.1) is 13.2 Å². The molecule has 0 bridgehead atoms. The fourth-order valence-electron chi connectivity index (χ4n) is 4.13. The Morgan fingerprint density at radius 3 is 2.35 bits per heavy atom. The topological polar surface area (TPSA) is 65.1 Å². The number of nitrogens with zero attached hydrogens (tertiary/aromatic N) is 2. The Hall–Kier alpha value is -2.66. The van der Waals surface area contributed by atoms with Gasteiger partial charge in [0.15, 0.2) is 0 Å². The highest BCUT2D eigenvalue weighted by Crippen LogP contribution is 2.26. The zero-order valence-electron chi connectivity index (χ0n) is 18.2. The lowest BCUT2D eigenvalue weighted by molar-refractivity contribution is -0.274. The summed E-state index contributed by atoms with van der Waals surface area (Å²) < 4.78 is 72.6. The van der Waals surface area contributed by atoms with Gasteiger partial charge < -0.3 is 18.3 Å². The maximum atomic E-state index is 12.5. The number of rotatable bonds is 8. The Balaban J connectivity index is 1.57. The average molecular weight is 494 g/mol. The Morgan fingerprint density at radius 1 is 1.03 bits per heavy atom. The van der Waals surface area contributed by atoms with Crippen LogP contribution in [0.4, 0.5) is 18.9 Å². The van der Waals surface area contributed by atoms with Crippen LogP contribution in [-0.2, 0) is 22.4 Å². The van der Waals surface area contributed by atoms with Crippen molar-refractivity contribution in [3.8, 4) is 5.75 Å². The first-order valence-electron chi connectivity index (χ1n) is 10.8. The van der Waals surface area contributed by atoms with Crippen LogP contribution < -0.4 is 9.04 Å². The second-order valence-corrected chi connectivity index (χ2v) is 8.88. The summed E-state index contributed by atoms with van der Waals surface area (Å²) >= 11 is -2.51. The SMILES string of the molecule is O=S([O-])N(CC(Cc1ccc(OC(F)(F)F)cc1)N1CCOCC1)c1ccc2ccccc2c1. The zero-order valence-corrected chi connectivity index (χ0v) is 19.1. The molecule has 0 spiro atoms. The molecule has 34 heavy (non-hydrogen) atoms. The van der Waals surface area contributed by atoms with E-state index in [-0.39, 0.29) is 18.3 Å². The predicted molar refractivity (Wildman–Crippen MR) is 123 cm³/mol. The van der Waals surface area contributed by atoms with Crippen LogP contribution in [0, 0.1) is 0 Å². The lowest BCUT2D eigenvalue weighted by Crippen LogP contribution is -2.50. The Labute approximate surface area is 198 Å². The molecule has 1 aliphatic rings. The lowest BCUT2D eigenvalue weighted by Gasteiger charge is -2.38. The first-order valence-corrected chi connectivity index (χ1v) is 11.8. The summed E-state index contributed by atoms with van der Waals surface area (Å²) in [5, 5.41) is 1.94. The van der Waals surface area contributed by atoms with Crippen molar-refractivity contribution >= 4 is 27.7 Å². The summed E-state index contributed by atoms with van der Waals surface area (Å²) in [6.07, 6.45) is -4.30. The van der Waals surface area contributed by atoms with Crippen molar-refractivity contribution in [2.45, 2.75) is 18.8 Å². The van der Waals surface area contributed by atoms with E-state index in [2.05, 4.69) is 9.64 Å². The maximum absolute atomic E-state index is 12.5. The molecule has 182 valence electrons. The van der Waals surface area contributed by atoms with Gasteiger partial charge in [-0.3, -0.25) is 9.11 Å². The second kappa shape index (κ2) is 10.7. The van der Waals surface area contributed by atoms with Crippen LogP contribution in [0.25, 0.3) is 10.8 Å². The minimum absolute atomic E-state index is 0.190. The van der Waals surface area contributed by atoms with E-state index in [0.717, 1.165) is 16.3 Å². The Morgan fingerprint density at radius 2 is 1.71 bits per heavy atom. The summed E-state index contributed by atoms with van der Waals surface area (Å²) in [6.45, 7) is 2.53. The third-order valence-corrected chi connectivity index (χ3v) is 6.49. The molecule has 1 saturated heterocycles. The molecule has 0 aromatic heterocycles. The van der Waals surface area contributed by atoms with Crippen LogP contribution in [0.2, 0.25) is 0 Å². The monoisotopic (exact) mass is 493 g/mol. The van der Waals surface area contributed by atoms with Crippen LogP contribution in [0.15, 0.2) is 66.7 Å². The van der Waals surface area contributed by atoms with E-state index >= 15 is 0 Å². The molecule has 1 heterocycles. The third-order valence-electron chi connectivity index (χ3n) is 5.77. The molecule has 4 rings (SSSR count). The number of ether oxygens (including phenoxy) is 2. The van der Waals surface area contributed by atoms with Crippen LogP contribution >= 0.6 is 0 Å². The molecule has 6 nitrogen and oxygen atoms in total. The van der Waals surface area contributed by atoms with Crippen molar-refractivity contribution in [1.29, 1.82) is 0 Å². The van der Waals surface area contributed by atoms with Crippen molar-refractivity contribution in [3.63, 3.8) is 0 Å². The van der Waals surface area contributed by atoms with Gasteiger partial charge in [-0.2, -0.15) is 0 Å². The van der Waals surface area contributed by atoms with Gasteiger partial charge in [-0.25, -0.2) is 0 Å². The van der Waals surface area contributed by atoms with Gasteiger partial charge in [0.2, 0.25) is 0 Å². The number of hydrogen-bond acceptors (Lipinski definition) is 5. The molecule has 0 amide bonds. The molecule has 0 N–H and O–H groups in total. The number of halogens is 3. The van der Waals surface area contributed by atoms with E-state index in [9.17, 15) is 21.9 Å². The van der Waals surface area contributed by atoms with Crippen molar-refractivity contribution < 1.29 is 31.4 Å². The highest BCUT2D eigenvalue weighted by atomic mass is 32.2. The minimum Gasteiger partial charge on any atom is -0.755 e. The van der Waals surface area contributed by atoms with E-state index in [0.29, 0.717) is 38.4 Å². The van der Waals surface area contributed by atoms with Crippen LogP contribution in [0.1, 0.15) is 5.56 Å². The van der Waals surface area contributed by atoms with Gasteiger partial charge >= 0.3 is 6.36 Å². The Bertz CT molecular complexity index is 1120. The molecule has 0 radical (unpaired) electrons. The highest BCUT2D eigenvalue weighted by molar-refractivity contribution is 7.80. The standard InChI is InChI=1S/C24H25F3N2O4S/c25-24(26,27)33-23-9-5-18(6-10-23)15-22(28-11-13-32-14-12-28)17-29(34(30)31)21-8-7-19-3-1-2-4-20(19)16-21/h1-10,16,22H,11-15,17H2,(H,30,31)/p-1. The van der Waals surface area contributed by atoms with Gasteiger partial charge in [-0.1, -0.05) is 42.5 Å². The number of benzene rings is 3. The molecule has 0 aliphatic carbocycles. The summed E-state index contributed by atoms with van der Waals surface area (Å²) in [5.74, 6) is -0.294. The van der Waals surface area contributed by atoms with Crippen molar-refractivity contribution in [2.75, 3.05) is 37.2 Å². The number of alkyl halides is 3. The minimum atomic E-state index is -4.75. The predicted octanol–water partition coefficient (Wildman–Crippen LogP) is 4.28. The van der Waals surface area contributed by atoms with E-state index in [4.69, 9.17) is 4.74 Å². The van der Waals surface area contributed by atoms with Gasteiger partial charge in [0, 0.05) is 42.6 Å². The smallest absolute Gasteiger partial charge is 0.573 e. The largest absolute Gasteiger partial charge is 0.755 e. The normalized spacial score (nSPS) is 16.8. The molecule has 10 heteroatoms. The van der Waals surface area contributed by atoms with Crippen LogP contribution in [0.5, 0.6) is 5.75 Å². The number of morpholine rings is 1. The van der Waals surface area contributed by atoms with E-state index in [1.165, 1.54) is 16.4 Å². The maximum Gasteiger partial charge on any atom is 0.573 e.